The molecule has 0 bridgehead atoms. The Morgan fingerprint density at radius 3 is 2.47 bits per heavy atom. The summed E-state index contributed by atoms with van der Waals surface area (Å²) < 4.78 is 18.3. The first-order valence-corrected chi connectivity index (χ1v) is 10.3. The van der Waals surface area contributed by atoms with Crippen molar-refractivity contribution in [3.63, 3.8) is 0 Å². The zero-order chi connectivity index (χ0) is 21.3. The maximum absolute atomic E-state index is 13.3. The van der Waals surface area contributed by atoms with E-state index >= 15 is 0 Å². The van der Waals surface area contributed by atoms with E-state index in [1.165, 1.54) is 24.4 Å². The molecule has 0 saturated carbocycles. The number of anilines is 1. The molecule has 1 saturated heterocycles. The third-order valence-corrected chi connectivity index (χ3v) is 4.96. The molecule has 0 amide bonds. The number of halogens is 1. The minimum atomic E-state index is -0.379. The van der Waals surface area contributed by atoms with Gasteiger partial charge in [-0.1, -0.05) is 20.3 Å². The topological polar surface area (TPSA) is 64.0 Å². The van der Waals surface area contributed by atoms with Crippen molar-refractivity contribution in [3.8, 4) is 17.0 Å². The summed E-state index contributed by atoms with van der Waals surface area (Å²) in [5, 5.41) is 0. The Bertz CT molecular complexity index is 918. The molecule has 0 aromatic carbocycles. The normalized spacial score (nSPS) is 15.5. The van der Waals surface area contributed by atoms with E-state index in [-0.39, 0.29) is 5.82 Å². The lowest BCUT2D eigenvalue weighted by Crippen LogP contribution is -2.21. The summed E-state index contributed by atoms with van der Waals surface area (Å²) in [6.45, 7) is 6.67. The number of methoxy groups -OCH3 is 1. The van der Waals surface area contributed by atoms with Gasteiger partial charge in [0.25, 0.3) is 0 Å². The fourth-order valence-electron chi connectivity index (χ4n) is 3.29. The van der Waals surface area contributed by atoms with Gasteiger partial charge in [-0.3, -0.25) is 9.97 Å². The molecule has 4 heterocycles. The molecular weight excluding hydrogens is 381 g/mol. The molecule has 4 rings (SSSR count). The van der Waals surface area contributed by atoms with Crippen LogP contribution in [0.25, 0.3) is 11.3 Å². The third kappa shape index (κ3) is 5.72. The van der Waals surface area contributed by atoms with Gasteiger partial charge in [0.2, 0.25) is 5.95 Å². The molecule has 6 nitrogen and oxygen atoms in total. The van der Waals surface area contributed by atoms with Gasteiger partial charge in [-0.15, -0.1) is 0 Å². The molecule has 3 aromatic rings. The molecule has 1 aliphatic rings. The van der Waals surface area contributed by atoms with Crippen LogP contribution < -0.4 is 9.64 Å². The van der Waals surface area contributed by atoms with Gasteiger partial charge in [-0.2, -0.15) is 0 Å². The predicted octanol–water partition coefficient (Wildman–Crippen LogP) is 4.57. The molecule has 30 heavy (non-hydrogen) atoms. The van der Waals surface area contributed by atoms with E-state index in [1.54, 1.807) is 31.5 Å². The van der Waals surface area contributed by atoms with E-state index in [4.69, 9.17) is 4.74 Å². The number of aromatic nitrogens is 4. The quantitative estimate of drug-likeness (QED) is 0.615. The molecule has 1 atom stereocenters. The van der Waals surface area contributed by atoms with E-state index in [9.17, 15) is 4.39 Å². The van der Waals surface area contributed by atoms with E-state index in [0.717, 1.165) is 37.8 Å². The van der Waals surface area contributed by atoms with E-state index in [1.807, 2.05) is 12.4 Å². The van der Waals surface area contributed by atoms with E-state index in [0.29, 0.717) is 17.0 Å². The molecule has 0 radical (unpaired) electrons. The van der Waals surface area contributed by atoms with Gasteiger partial charge in [0, 0.05) is 37.2 Å². The SMILES string of the molecule is CCCc1cnc(N2CCC(C)C2)nc1.COc1ccc(-c2ccncc2F)nc1. The van der Waals surface area contributed by atoms with Crippen molar-refractivity contribution in [1.29, 1.82) is 0 Å². The summed E-state index contributed by atoms with van der Waals surface area (Å²) in [5.41, 5.74) is 2.25. The maximum atomic E-state index is 13.3. The Kier molecular flexibility index (Phi) is 7.65. The predicted molar refractivity (Wildman–Crippen MR) is 116 cm³/mol. The first-order chi connectivity index (χ1) is 14.6. The number of ether oxygens (including phenoxy) is 1. The highest BCUT2D eigenvalue weighted by Gasteiger charge is 2.20. The van der Waals surface area contributed by atoms with Gasteiger partial charge in [0.05, 0.1) is 25.2 Å². The van der Waals surface area contributed by atoms with Crippen LogP contribution in [-0.4, -0.2) is 40.1 Å². The van der Waals surface area contributed by atoms with Gasteiger partial charge in [-0.05, 0) is 42.5 Å². The monoisotopic (exact) mass is 409 g/mol. The molecule has 0 spiro atoms. The number of nitrogens with zero attached hydrogens (tertiary/aromatic N) is 5. The van der Waals surface area contributed by atoms with Crippen LogP contribution in [0.15, 0.2) is 49.2 Å². The molecule has 0 N–H and O–H groups in total. The standard InChI is InChI=1S/C12H19N3.C11H9FN2O/c1-3-4-11-7-13-12(14-8-11)15-6-5-10(2)9-15;1-15-8-2-3-11(14-6-8)9-4-5-13-7-10(9)12/h7-8,10H,3-6,9H2,1-2H3;2-7H,1H3. The lowest BCUT2D eigenvalue weighted by atomic mass is 10.2. The average molecular weight is 410 g/mol. The highest BCUT2D eigenvalue weighted by Crippen LogP contribution is 2.21. The summed E-state index contributed by atoms with van der Waals surface area (Å²) in [7, 11) is 1.56. The second kappa shape index (κ2) is 10.6. The largest absolute Gasteiger partial charge is 0.495 e. The van der Waals surface area contributed by atoms with Crippen molar-refractivity contribution in [2.45, 2.75) is 33.1 Å². The molecule has 7 heteroatoms. The Labute approximate surface area is 177 Å². The number of hydrogen-bond acceptors (Lipinski definition) is 6. The molecule has 3 aromatic heterocycles. The Hall–Kier alpha value is -3.09. The molecular formula is C23H28FN5O. The van der Waals surface area contributed by atoms with Gasteiger partial charge >= 0.3 is 0 Å². The Balaban J connectivity index is 0.000000171. The number of aryl methyl sites for hydroxylation is 1. The molecule has 1 unspecified atom stereocenters. The van der Waals surface area contributed by atoms with Crippen LogP contribution in [0.5, 0.6) is 5.75 Å². The van der Waals surface area contributed by atoms with Crippen molar-refractivity contribution >= 4 is 5.95 Å². The van der Waals surface area contributed by atoms with Gasteiger partial charge in [0.1, 0.15) is 5.75 Å². The highest BCUT2D eigenvalue weighted by molar-refractivity contribution is 5.59. The molecule has 158 valence electrons. The number of hydrogen-bond donors (Lipinski definition) is 0. The van der Waals surface area contributed by atoms with Crippen LogP contribution in [0.3, 0.4) is 0 Å². The van der Waals surface area contributed by atoms with Crippen molar-refractivity contribution < 1.29 is 9.13 Å². The van der Waals surface area contributed by atoms with Crippen LogP contribution in [0.1, 0.15) is 32.3 Å². The van der Waals surface area contributed by atoms with Crippen LogP contribution in [-0.2, 0) is 6.42 Å². The van der Waals surface area contributed by atoms with Crippen molar-refractivity contribution in [2.24, 2.45) is 5.92 Å². The zero-order valence-electron chi connectivity index (χ0n) is 17.8. The van der Waals surface area contributed by atoms with Crippen molar-refractivity contribution in [1.82, 2.24) is 19.9 Å². The minimum Gasteiger partial charge on any atom is -0.495 e. The minimum absolute atomic E-state index is 0.379. The van der Waals surface area contributed by atoms with E-state index in [2.05, 4.69) is 38.7 Å². The summed E-state index contributed by atoms with van der Waals surface area (Å²) >= 11 is 0. The van der Waals surface area contributed by atoms with Gasteiger partial charge < -0.3 is 9.64 Å². The van der Waals surface area contributed by atoms with Crippen molar-refractivity contribution in [2.75, 3.05) is 25.1 Å². The summed E-state index contributed by atoms with van der Waals surface area (Å²) in [4.78, 5) is 18.9. The van der Waals surface area contributed by atoms with Crippen LogP contribution in [0.4, 0.5) is 10.3 Å². The van der Waals surface area contributed by atoms with E-state index < -0.39 is 0 Å². The van der Waals surface area contributed by atoms with Gasteiger partial charge in [0.15, 0.2) is 5.82 Å². The number of rotatable bonds is 5. The van der Waals surface area contributed by atoms with Crippen molar-refractivity contribution in [3.05, 3.63) is 60.6 Å². The second-order valence-electron chi connectivity index (χ2n) is 7.42. The summed E-state index contributed by atoms with van der Waals surface area (Å²) in [5.74, 6) is 1.95. The lowest BCUT2D eigenvalue weighted by Gasteiger charge is -2.15. The molecule has 0 aliphatic carbocycles. The van der Waals surface area contributed by atoms with Crippen LogP contribution >= 0.6 is 0 Å². The highest BCUT2D eigenvalue weighted by atomic mass is 19.1. The van der Waals surface area contributed by atoms with Crippen LogP contribution in [0.2, 0.25) is 0 Å². The Morgan fingerprint density at radius 2 is 1.90 bits per heavy atom. The molecule has 1 aliphatic heterocycles. The second-order valence-corrected chi connectivity index (χ2v) is 7.42. The molecule has 1 fully saturated rings. The maximum Gasteiger partial charge on any atom is 0.225 e. The van der Waals surface area contributed by atoms with Gasteiger partial charge in [-0.25, -0.2) is 14.4 Å². The third-order valence-electron chi connectivity index (χ3n) is 4.96. The summed E-state index contributed by atoms with van der Waals surface area (Å²) in [6.07, 6.45) is 11.7. The Morgan fingerprint density at radius 1 is 1.10 bits per heavy atom. The van der Waals surface area contributed by atoms with Crippen LogP contribution in [0, 0.1) is 11.7 Å². The fraction of sp³-hybridized carbons (Fsp3) is 0.391. The smallest absolute Gasteiger partial charge is 0.225 e. The first kappa shape index (κ1) is 21.6. The number of pyridine rings is 2. The average Bonchev–Trinajstić information content (AvgIpc) is 3.22. The lowest BCUT2D eigenvalue weighted by molar-refractivity contribution is 0.413. The zero-order valence-corrected chi connectivity index (χ0v) is 17.8. The summed E-state index contributed by atoms with van der Waals surface area (Å²) in [6, 6.07) is 5.03. The fourth-order valence-corrected chi connectivity index (χ4v) is 3.29. The first-order valence-electron chi connectivity index (χ1n) is 10.3.